The molecule has 0 aliphatic carbocycles. The van der Waals surface area contributed by atoms with Crippen molar-refractivity contribution in [2.24, 2.45) is 0 Å². The Bertz CT molecular complexity index is 3890. The van der Waals surface area contributed by atoms with Crippen LogP contribution in [0.3, 0.4) is 0 Å². The third-order valence-electron chi connectivity index (χ3n) is 13.2. The third-order valence-corrected chi connectivity index (χ3v) is 18.1. The minimum Gasteiger partial charge on any atom is -0.626 e. The number of quaternary nitrogens is 1. The molecular formula is C56H47F12N5O11S4. The van der Waals surface area contributed by atoms with E-state index in [0.29, 0.717) is 43.2 Å². The second-order valence-electron chi connectivity index (χ2n) is 19.3. The number of carbonyl (C=O) groups excluding carboxylic acids is 2. The Morgan fingerprint density at radius 2 is 1.07 bits per heavy atom. The zero-order valence-corrected chi connectivity index (χ0v) is 48.6. The first-order valence-electron chi connectivity index (χ1n) is 25.5. The molecular weight excluding hydrogens is 1270 g/mol. The van der Waals surface area contributed by atoms with Crippen molar-refractivity contribution in [2.45, 2.75) is 60.2 Å². The van der Waals surface area contributed by atoms with E-state index >= 15 is 0 Å². The van der Waals surface area contributed by atoms with E-state index in [1.807, 2.05) is 0 Å². The number of benzene rings is 6. The van der Waals surface area contributed by atoms with Crippen LogP contribution in [-0.2, 0) is 63.8 Å². The number of aliphatic hydroxyl groups is 1. The molecule has 470 valence electrons. The molecule has 0 spiro atoms. The van der Waals surface area contributed by atoms with E-state index in [2.05, 4.69) is 14.2 Å². The molecule has 0 aromatic heterocycles. The molecule has 0 radical (unpaired) electrons. The van der Waals surface area contributed by atoms with Crippen molar-refractivity contribution in [3.05, 3.63) is 177 Å². The quantitative estimate of drug-likeness (QED) is 0.0287. The molecule has 0 saturated carbocycles. The van der Waals surface area contributed by atoms with Crippen LogP contribution >= 0.6 is 23.5 Å². The van der Waals surface area contributed by atoms with E-state index in [4.69, 9.17) is 9.47 Å². The molecule has 8 rings (SSSR count). The van der Waals surface area contributed by atoms with Gasteiger partial charge in [0.15, 0.2) is 12.8 Å². The summed E-state index contributed by atoms with van der Waals surface area (Å²) in [4.78, 5) is 22.5. The number of nitrogens with zero attached hydrogens (tertiary/aromatic N) is 3. The van der Waals surface area contributed by atoms with Gasteiger partial charge in [-0.15, -0.1) is 0 Å². The number of hydrogen-bond donors (Lipinski definition) is 2. The van der Waals surface area contributed by atoms with Gasteiger partial charge in [0, 0.05) is 80.9 Å². The molecule has 32 heteroatoms. The number of hydrogen-bond acceptors (Lipinski definition) is 12. The Morgan fingerprint density at radius 3 is 1.53 bits per heavy atom. The maximum atomic E-state index is 14.8. The van der Waals surface area contributed by atoms with Crippen LogP contribution in [0.4, 0.5) is 69.7 Å². The number of anilines is 2. The second kappa shape index (κ2) is 26.0. The van der Waals surface area contributed by atoms with Gasteiger partial charge >= 0.3 is 24.7 Å². The van der Waals surface area contributed by atoms with E-state index in [0.717, 1.165) is 71.6 Å². The summed E-state index contributed by atoms with van der Waals surface area (Å²) in [5, 5.41) is 26.2. The maximum Gasteiger partial charge on any atom is 0.418 e. The molecule has 2 fully saturated rings. The molecule has 1 unspecified atom stereocenters. The van der Waals surface area contributed by atoms with Gasteiger partial charge in [-0.1, -0.05) is 53.9 Å². The first-order valence-corrected chi connectivity index (χ1v) is 30.1. The lowest BCUT2D eigenvalue weighted by molar-refractivity contribution is -0.163. The summed E-state index contributed by atoms with van der Waals surface area (Å²) in [5.74, 6) is -1.34. The maximum absolute atomic E-state index is 14.8. The van der Waals surface area contributed by atoms with Gasteiger partial charge in [0.2, 0.25) is 11.8 Å². The van der Waals surface area contributed by atoms with Crippen molar-refractivity contribution in [1.29, 1.82) is 0 Å². The smallest absolute Gasteiger partial charge is 0.418 e. The van der Waals surface area contributed by atoms with Gasteiger partial charge in [-0.3, -0.25) is 19.0 Å². The first kappa shape index (κ1) is 66.6. The van der Waals surface area contributed by atoms with E-state index < -0.39 is 133 Å². The first-order chi connectivity index (χ1) is 41.0. The number of sulfonamides is 2. The molecule has 16 nitrogen and oxygen atoms in total. The predicted molar refractivity (Wildman–Crippen MR) is 301 cm³/mol. The van der Waals surface area contributed by atoms with Gasteiger partial charge in [-0.2, -0.15) is 52.7 Å². The van der Waals surface area contributed by atoms with Gasteiger partial charge in [-0.05, 0) is 95.6 Å². The minimum absolute atomic E-state index is 0.0858. The average Bonchev–Trinajstić information content (AvgIpc) is 1.23. The fourth-order valence-electron chi connectivity index (χ4n) is 9.17. The van der Waals surface area contributed by atoms with Crippen LogP contribution in [0.5, 0.6) is 5.75 Å². The molecule has 2 aliphatic rings. The highest BCUT2D eigenvalue weighted by atomic mass is 32.2. The van der Waals surface area contributed by atoms with E-state index in [-0.39, 0.29) is 88.9 Å². The summed E-state index contributed by atoms with van der Waals surface area (Å²) in [7, 11) is -7.27. The van der Waals surface area contributed by atoms with Crippen LogP contribution in [0.25, 0.3) is 12.2 Å². The largest absolute Gasteiger partial charge is 0.626 e. The number of halogens is 12. The van der Waals surface area contributed by atoms with Gasteiger partial charge in [-0.25, -0.2) is 16.8 Å². The minimum atomic E-state index is -5.67. The monoisotopic (exact) mass is 1320 g/mol. The predicted octanol–water partition coefficient (Wildman–Crippen LogP) is 13.0. The molecule has 6 aromatic carbocycles. The molecule has 2 amide bonds. The number of ether oxygens (including phenoxy) is 3. The summed E-state index contributed by atoms with van der Waals surface area (Å²) in [6.07, 6.45) is -21.4. The second-order valence-corrected chi connectivity index (χ2v) is 24.9. The number of aromatic hydroxyl groups is 1. The Kier molecular flexibility index (Phi) is 19.7. The SMILES string of the molecule is C[OH+]c1ccc(S(=O)(=O)Nc2cccc(Sc3ccc(/C=C/C(=O)N4CCOC(c5ccc(S(=O)(=O)Nc6cccc(Sc7ccc(/C=C/C(=O)N8CCOCC8)c(C(F)(F)F)c7C(F)(F)F)c6)c([N+](C)([O-])[O-])c5)C4)c(C(F)(F)F)c3C(F)(F)F)c2)cc1. The topological polar surface area (TPSA) is 210 Å². The summed E-state index contributed by atoms with van der Waals surface area (Å²) in [6, 6.07) is 20.2. The fourth-order valence-corrected chi connectivity index (χ4v) is 13.6. The van der Waals surface area contributed by atoms with Crippen LogP contribution in [0.1, 0.15) is 45.0 Å². The van der Waals surface area contributed by atoms with Crippen LogP contribution in [0.2, 0.25) is 0 Å². The number of rotatable bonds is 17. The van der Waals surface area contributed by atoms with Gasteiger partial charge in [0.25, 0.3) is 25.8 Å². The zero-order valence-electron chi connectivity index (χ0n) is 45.3. The Hall–Kier alpha value is -7.30. The summed E-state index contributed by atoms with van der Waals surface area (Å²) >= 11 is 0.430. The van der Waals surface area contributed by atoms with E-state index in [1.54, 1.807) is 0 Å². The number of morpholine rings is 2. The highest BCUT2D eigenvalue weighted by Gasteiger charge is 2.48. The van der Waals surface area contributed by atoms with Crippen molar-refractivity contribution >= 4 is 84.6 Å². The number of hydroxylamine groups is 2. The molecule has 88 heavy (non-hydrogen) atoms. The van der Waals surface area contributed by atoms with Crippen LogP contribution < -0.4 is 14.3 Å². The lowest BCUT2D eigenvalue weighted by Crippen LogP contribution is -2.41. The molecule has 2 aliphatic heterocycles. The van der Waals surface area contributed by atoms with Gasteiger partial charge in [0.1, 0.15) is 11.0 Å². The van der Waals surface area contributed by atoms with Crippen molar-refractivity contribution < 1.29 is 93.3 Å². The van der Waals surface area contributed by atoms with Crippen LogP contribution in [-0.4, -0.2) is 103 Å². The molecule has 1 atom stereocenters. The summed E-state index contributed by atoms with van der Waals surface area (Å²) in [5.41, 5.74) is -12.1. The molecule has 0 bridgehead atoms. The average molecular weight is 1320 g/mol. The number of nitrogens with one attached hydrogen (secondary N) is 2. The van der Waals surface area contributed by atoms with Crippen molar-refractivity contribution in [2.75, 3.05) is 69.6 Å². The molecule has 2 heterocycles. The zero-order chi connectivity index (χ0) is 64.4. The Balaban J connectivity index is 0.997. The van der Waals surface area contributed by atoms with Gasteiger partial charge < -0.3 is 39.2 Å². The lowest BCUT2D eigenvalue weighted by atomic mass is 9.99. The van der Waals surface area contributed by atoms with Crippen LogP contribution in [0, 0.1) is 10.4 Å². The number of amides is 2. The molecule has 6 aromatic rings. The number of carbonyl (C=O) groups is 2. The Morgan fingerprint density at radius 1 is 0.602 bits per heavy atom. The van der Waals surface area contributed by atoms with Gasteiger partial charge in [0.05, 0.1) is 60.6 Å². The lowest BCUT2D eigenvalue weighted by Gasteiger charge is -2.43. The highest BCUT2D eigenvalue weighted by molar-refractivity contribution is 7.99. The van der Waals surface area contributed by atoms with Crippen molar-refractivity contribution in [1.82, 2.24) is 14.6 Å². The Labute approximate surface area is 502 Å². The normalized spacial score (nSPS) is 15.9. The summed E-state index contributed by atoms with van der Waals surface area (Å²) in [6.45, 7) is -0.537. The van der Waals surface area contributed by atoms with E-state index in [9.17, 15) is 89.5 Å². The molecule has 3 N–H and O–H groups in total. The standard InChI is InChI=1S/C56H46F12N5O11S4/c1-73(76,77)42-29-35(11-20-46(42)88(80,81)70-37-6-4-8-40(31-37)86-45-18-9-33(12-21-47(74)71-23-26-83-27-24-71)49(53(57,58)59)51(45)55(63,64)65)43-32-72(25-28-84-43)48(75)22-13-34-10-19-44(52(56(66,67)68)50(34)54(60,61)62)85-39-7-3-5-36(30-39)69-87(78,79)41-16-14-38(82-2)15-17-41/h3-22,29-31,43,69-70H,23-28,32H2,1-2H3/q-1/p+1/b21-12+,22-13+. The summed E-state index contributed by atoms with van der Waals surface area (Å²) < 4.78 is 250. The fraction of sp³-hybridized carbons (Fsp3) is 0.250. The third kappa shape index (κ3) is 16.1. The van der Waals surface area contributed by atoms with Crippen LogP contribution in [0.15, 0.2) is 157 Å². The molecule has 2 saturated heterocycles. The van der Waals surface area contributed by atoms with Crippen molar-refractivity contribution in [3.63, 3.8) is 0 Å². The number of alkyl halides is 12. The highest BCUT2D eigenvalue weighted by Crippen LogP contribution is 2.50. The van der Waals surface area contributed by atoms with E-state index in [1.165, 1.54) is 54.5 Å². The van der Waals surface area contributed by atoms with Crippen molar-refractivity contribution in [3.8, 4) is 5.75 Å².